The number of benzene rings is 1. The molecule has 2 amide bonds. The van der Waals surface area contributed by atoms with Crippen molar-refractivity contribution in [3.05, 3.63) is 30.1 Å². The molecule has 0 unspecified atom stereocenters. The standard InChI is InChI=1S/C26H39FN4O5/c1-21(2)29-9-7-28(8-10-29)18-25(33)31-13-16-36-26(19-31,17-24(32)30-11-14-34-15-12-30)20-35-23-5-3-22(27)4-6-23/h3-6,21H,7-20H2,1-2H3/t26-/m0/s1. The van der Waals surface area contributed by atoms with Crippen LogP contribution in [0.4, 0.5) is 4.39 Å². The number of rotatable bonds is 8. The molecular weight excluding hydrogens is 467 g/mol. The minimum atomic E-state index is -0.978. The molecule has 0 aliphatic carbocycles. The first-order valence-corrected chi connectivity index (χ1v) is 13.0. The summed E-state index contributed by atoms with van der Waals surface area (Å²) in [6.45, 7) is 11.7. The van der Waals surface area contributed by atoms with Gasteiger partial charge in [-0.3, -0.25) is 19.4 Å². The van der Waals surface area contributed by atoms with Crippen LogP contribution in [0.15, 0.2) is 24.3 Å². The summed E-state index contributed by atoms with van der Waals surface area (Å²) >= 11 is 0. The number of amides is 2. The third kappa shape index (κ3) is 7.15. The summed E-state index contributed by atoms with van der Waals surface area (Å²) in [6.07, 6.45) is 0.102. The molecule has 3 saturated heterocycles. The lowest BCUT2D eigenvalue weighted by atomic mass is 9.96. The molecule has 0 aromatic heterocycles. The fraction of sp³-hybridized carbons (Fsp3) is 0.692. The van der Waals surface area contributed by atoms with Crippen molar-refractivity contribution in [2.45, 2.75) is 31.9 Å². The number of hydrogen-bond acceptors (Lipinski definition) is 7. The van der Waals surface area contributed by atoms with E-state index in [1.165, 1.54) is 12.1 Å². The van der Waals surface area contributed by atoms with Crippen LogP contribution >= 0.6 is 0 Å². The Balaban J connectivity index is 1.41. The Labute approximate surface area is 213 Å². The average molecular weight is 507 g/mol. The van der Waals surface area contributed by atoms with Gasteiger partial charge in [-0.2, -0.15) is 0 Å². The van der Waals surface area contributed by atoms with Crippen LogP contribution < -0.4 is 4.74 Å². The van der Waals surface area contributed by atoms with E-state index in [-0.39, 0.29) is 37.2 Å². The number of piperazine rings is 1. The molecule has 0 bridgehead atoms. The third-order valence-corrected chi connectivity index (χ3v) is 7.25. The van der Waals surface area contributed by atoms with Crippen molar-refractivity contribution in [3.8, 4) is 5.75 Å². The van der Waals surface area contributed by atoms with Crippen LogP contribution in [0.5, 0.6) is 5.75 Å². The van der Waals surface area contributed by atoms with Crippen LogP contribution in [0, 0.1) is 5.82 Å². The topological polar surface area (TPSA) is 74.8 Å². The van der Waals surface area contributed by atoms with Crippen LogP contribution in [0.2, 0.25) is 0 Å². The number of carbonyl (C=O) groups is 2. The van der Waals surface area contributed by atoms with Gasteiger partial charge in [-0.15, -0.1) is 0 Å². The van der Waals surface area contributed by atoms with Crippen molar-refractivity contribution in [2.24, 2.45) is 0 Å². The zero-order chi connectivity index (χ0) is 25.5. The van der Waals surface area contributed by atoms with Gasteiger partial charge in [0.05, 0.1) is 39.3 Å². The van der Waals surface area contributed by atoms with Crippen molar-refractivity contribution in [1.29, 1.82) is 0 Å². The lowest BCUT2D eigenvalue weighted by molar-refractivity contribution is -0.168. The molecular formula is C26H39FN4O5. The van der Waals surface area contributed by atoms with Crippen LogP contribution in [-0.4, -0.2) is 128 Å². The number of carbonyl (C=O) groups excluding carboxylic acids is 2. The second-order valence-electron chi connectivity index (χ2n) is 10.2. The highest BCUT2D eigenvalue weighted by Gasteiger charge is 2.42. The summed E-state index contributed by atoms with van der Waals surface area (Å²) in [6, 6.07) is 6.27. The number of nitrogens with zero attached hydrogens (tertiary/aromatic N) is 4. The molecule has 0 radical (unpaired) electrons. The number of hydrogen-bond donors (Lipinski definition) is 0. The number of halogens is 1. The molecule has 1 atom stereocenters. The van der Waals surface area contributed by atoms with Gasteiger partial charge in [0.1, 0.15) is 23.8 Å². The van der Waals surface area contributed by atoms with Gasteiger partial charge in [0, 0.05) is 51.9 Å². The van der Waals surface area contributed by atoms with E-state index in [4.69, 9.17) is 14.2 Å². The normalized spacial score (nSPS) is 24.2. The maximum atomic E-state index is 13.3. The molecule has 0 spiro atoms. The van der Waals surface area contributed by atoms with E-state index in [9.17, 15) is 14.0 Å². The molecule has 1 aromatic carbocycles. The van der Waals surface area contributed by atoms with Crippen LogP contribution in [0.25, 0.3) is 0 Å². The van der Waals surface area contributed by atoms with Gasteiger partial charge in [-0.1, -0.05) is 0 Å². The largest absolute Gasteiger partial charge is 0.490 e. The highest BCUT2D eigenvalue weighted by atomic mass is 19.1. The van der Waals surface area contributed by atoms with Gasteiger partial charge >= 0.3 is 0 Å². The molecule has 1 aromatic rings. The van der Waals surface area contributed by atoms with E-state index in [0.29, 0.717) is 57.8 Å². The summed E-state index contributed by atoms with van der Waals surface area (Å²) < 4.78 is 30.9. The minimum absolute atomic E-state index is 0.0416. The van der Waals surface area contributed by atoms with Crippen molar-refractivity contribution >= 4 is 11.8 Å². The van der Waals surface area contributed by atoms with Gasteiger partial charge in [0.2, 0.25) is 11.8 Å². The van der Waals surface area contributed by atoms with E-state index in [1.807, 2.05) is 0 Å². The second kappa shape index (κ2) is 12.3. The summed E-state index contributed by atoms with van der Waals surface area (Å²) in [5.74, 6) is 0.144. The Hall–Kier alpha value is -2.27. The lowest BCUT2D eigenvalue weighted by Gasteiger charge is -2.44. The maximum absolute atomic E-state index is 13.3. The van der Waals surface area contributed by atoms with Crippen LogP contribution in [0.1, 0.15) is 20.3 Å². The quantitative estimate of drug-likeness (QED) is 0.522. The zero-order valence-electron chi connectivity index (χ0n) is 21.5. The predicted octanol–water partition coefficient (Wildman–Crippen LogP) is 1.08. The van der Waals surface area contributed by atoms with Crippen molar-refractivity contribution in [3.63, 3.8) is 0 Å². The van der Waals surface area contributed by atoms with Crippen molar-refractivity contribution in [2.75, 3.05) is 85.3 Å². The molecule has 36 heavy (non-hydrogen) atoms. The third-order valence-electron chi connectivity index (χ3n) is 7.25. The Kier molecular flexibility index (Phi) is 9.16. The van der Waals surface area contributed by atoms with Gasteiger partial charge in [0.25, 0.3) is 0 Å². The SMILES string of the molecule is CC(C)N1CCN(CC(=O)N2CCO[C@@](COc3ccc(F)cc3)(CC(=O)N3CCOCC3)C2)CC1. The molecule has 4 rings (SSSR count). The van der Waals surface area contributed by atoms with E-state index < -0.39 is 5.60 Å². The van der Waals surface area contributed by atoms with Crippen molar-refractivity contribution < 1.29 is 28.2 Å². The predicted molar refractivity (Wildman–Crippen MR) is 132 cm³/mol. The minimum Gasteiger partial charge on any atom is -0.490 e. The molecule has 3 heterocycles. The monoisotopic (exact) mass is 506 g/mol. The molecule has 0 N–H and O–H groups in total. The smallest absolute Gasteiger partial charge is 0.236 e. The van der Waals surface area contributed by atoms with E-state index in [1.54, 1.807) is 21.9 Å². The first-order chi connectivity index (χ1) is 17.3. The average Bonchev–Trinajstić information content (AvgIpc) is 2.89. The van der Waals surface area contributed by atoms with Crippen LogP contribution in [0.3, 0.4) is 0 Å². The molecule has 3 fully saturated rings. The van der Waals surface area contributed by atoms with Gasteiger partial charge < -0.3 is 24.0 Å². The Morgan fingerprint density at radius 1 is 0.944 bits per heavy atom. The molecule has 10 heteroatoms. The summed E-state index contributed by atoms with van der Waals surface area (Å²) in [5, 5.41) is 0. The second-order valence-corrected chi connectivity index (χ2v) is 10.2. The molecule has 3 aliphatic rings. The fourth-order valence-corrected chi connectivity index (χ4v) is 4.98. The van der Waals surface area contributed by atoms with Crippen LogP contribution in [-0.2, 0) is 19.1 Å². The summed E-state index contributed by atoms with van der Waals surface area (Å²) in [7, 11) is 0. The van der Waals surface area contributed by atoms with Crippen molar-refractivity contribution in [1.82, 2.24) is 19.6 Å². The maximum Gasteiger partial charge on any atom is 0.236 e. The molecule has 3 aliphatic heterocycles. The van der Waals surface area contributed by atoms with E-state index in [0.717, 1.165) is 26.2 Å². The Morgan fingerprint density at radius 2 is 1.61 bits per heavy atom. The van der Waals surface area contributed by atoms with Gasteiger partial charge in [-0.25, -0.2) is 4.39 Å². The zero-order valence-corrected chi connectivity index (χ0v) is 21.5. The van der Waals surface area contributed by atoms with E-state index in [2.05, 4.69) is 23.6 Å². The lowest BCUT2D eigenvalue weighted by Crippen LogP contribution is -2.60. The summed E-state index contributed by atoms with van der Waals surface area (Å²) in [4.78, 5) is 34.7. The number of ether oxygens (including phenoxy) is 3. The Morgan fingerprint density at radius 3 is 2.28 bits per heavy atom. The fourth-order valence-electron chi connectivity index (χ4n) is 4.98. The molecule has 9 nitrogen and oxygen atoms in total. The molecule has 200 valence electrons. The highest BCUT2D eigenvalue weighted by molar-refractivity contribution is 5.80. The van der Waals surface area contributed by atoms with Gasteiger partial charge in [-0.05, 0) is 38.1 Å². The number of morpholine rings is 2. The Bertz CT molecular complexity index is 872. The first kappa shape index (κ1) is 26.8. The first-order valence-electron chi connectivity index (χ1n) is 13.0. The van der Waals surface area contributed by atoms with E-state index >= 15 is 0 Å². The summed E-state index contributed by atoms with van der Waals surface area (Å²) in [5.41, 5.74) is -0.978. The van der Waals surface area contributed by atoms with Gasteiger partial charge in [0.15, 0.2) is 0 Å². The molecule has 0 saturated carbocycles. The highest BCUT2D eigenvalue weighted by Crippen LogP contribution is 2.26.